The molecule has 0 bridgehead atoms. The van der Waals surface area contributed by atoms with E-state index in [0.29, 0.717) is 24.6 Å². The fourth-order valence-electron chi connectivity index (χ4n) is 4.01. The molecule has 0 saturated heterocycles. The lowest BCUT2D eigenvalue weighted by molar-refractivity contribution is 0.0945. The molecule has 0 aliphatic carbocycles. The molecule has 0 fully saturated rings. The molecule has 5 aromatic rings. The Balaban J connectivity index is 1.26. The average molecular weight is 452 g/mol. The van der Waals surface area contributed by atoms with E-state index in [1.165, 1.54) is 11.9 Å². The number of hydrogen-bond donors (Lipinski definition) is 2. The molecule has 5 rings (SSSR count). The molecule has 34 heavy (non-hydrogen) atoms. The van der Waals surface area contributed by atoms with Crippen LogP contribution in [0.5, 0.6) is 0 Å². The standard InChI is InChI=1S/C26H25N7O/c1-2-33-21(14-18-6-4-3-5-7-18)15-23(31-33)26(34)28-16-19-8-10-20(11-9-19)32-13-12-22-24(27)29-17-30-25(22)32/h3-13,15,17H,2,14,16H2,1H3,(H,28,34)(H2,27,29,30). The van der Waals surface area contributed by atoms with Crippen molar-refractivity contribution in [3.8, 4) is 5.69 Å². The Labute approximate surface area is 197 Å². The van der Waals surface area contributed by atoms with E-state index in [4.69, 9.17) is 5.73 Å². The van der Waals surface area contributed by atoms with Gasteiger partial charge in [-0.1, -0.05) is 42.5 Å². The van der Waals surface area contributed by atoms with E-state index >= 15 is 0 Å². The molecule has 2 aromatic carbocycles. The lowest BCUT2D eigenvalue weighted by Crippen LogP contribution is -2.23. The fraction of sp³-hybridized carbons (Fsp3) is 0.154. The van der Waals surface area contributed by atoms with E-state index in [0.717, 1.165) is 34.4 Å². The molecule has 3 aromatic heterocycles. The van der Waals surface area contributed by atoms with Crippen LogP contribution in [0.3, 0.4) is 0 Å². The number of rotatable bonds is 7. The molecule has 3 N–H and O–H groups in total. The molecule has 0 aliphatic rings. The van der Waals surface area contributed by atoms with Crippen molar-refractivity contribution in [3.05, 3.63) is 102 Å². The number of fused-ring (bicyclic) bond motifs is 1. The van der Waals surface area contributed by atoms with Gasteiger partial charge < -0.3 is 15.6 Å². The monoisotopic (exact) mass is 451 g/mol. The Hall–Kier alpha value is -4.46. The van der Waals surface area contributed by atoms with Gasteiger partial charge in [0.25, 0.3) is 5.91 Å². The summed E-state index contributed by atoms with van der Waals surface area (Å²) in [5.41, 5.74) is 11.3. The van der Waals surface area contributed by atoms with Gasteiger partial charge in [-0.15, -0.1) is 0 Å². The van der Waals surface area contributed by atoms with Gasteiger partial charge >= 0.3 is 0 Å². The van der Waals surface area contributed by atoms with Crippen molar-refractivity contribution >= 4 is 22.8 Å². The van der Waals surface area contributed by atoms with E-state index in [2.05, 4.69) is 32.5 Å². The number of nitrogens with one attached hydrogen (secondary N) is 1. The molecular weight excluding hydrogens is 426 g/mol. The van der Waals surface area contributed by atoms with Crippen LogP contribution in [-0.4, -0.2) is 30.2 Å². The fourth-order valence-corrected chi connectivity index (χ4v) is 4.01. The van der Waals surface area contributed by atoms with Crippen LogP contribution in [0, 0.1) is 0 Å². The van der Waals surface area contributed by atoms with Crippen molar-refractivity contribution in [1.82, 2.24) is 29.6 Å². The Morgan fingerprint density at radius 3 is 2.56 bits per heavy atom. The van der Waals surface area contributed by atoms with Gasteiger partial charge in [0.1, 0.15) is 23.5 Å². The number of anilines is 1. The minimum absolute atomic E-state index is 0.186. The molecule has 0 aliphatic heterocycles. The molecule has 0 unspecified atom stereocenters. The summed E-state index contributed by atoms with van der Waals surface area (Å²) in [5.74, 6) is 0.273. The Bertz CT molecular complexity index is 1440. The number of benzene rings is 2. The van der Waals surface area contributed by atoms with Crippen LogP contribution >= 0.6 is 0 Å². The molecule has 0 atom stereocenters. The van der Waals surface area contributed by atoms with Crippen LogP contribution in [0.2, 0.25) is 0 Å². The van der Waals surface area contributed by atoms with Crippen molar-refractivity contribution in [2.45, 2.75) is 26.4 Å². The summed E-state index contributed by atoms with van der Waals surface area (Å²) >= 11 is 0. The van der Waals surface area contributed by atoms with Crippen molar-refractivity contribution in [3.63, 3.8) is 0 Å². The van der Waals surface area contributed by atoms with E-state index in [1.54, 1.807) is 0 Å². The zero-order chi connectivity index (χ0) is 23.5. The molecule has 0 saturated carbocycles. The predicted octanol–water partition coefficient (Wildman–Crippen LogP) is 3.74. The second-order valence-electron chi connectivity index (χ2n) is 8.03. The minimum Gasteiger partial charge on any atom is -0.383 e. The highest BCUT2D eigenvalue weighted by Crippen LogP contribution is 2.22. The number of nitrogens with zero attached hydrogens (tertiary/aromatic N) is 5. The maximum atomic E-state index is 12.8. The van der Waals surface area contributed by atoms with E-state index in [9.17, 15) is 4.79 Å². The molecule has 170 valence electrons. The zero-order valence-electron chi connectivity index (χ0n) is 18.8. The van der Waals surface area contributed by atoms with Crippen LogP contribution < -0.4 is 11.1 Å². The summed E-state index contributed by atoms with van der Waals surface area (Å²) in [7, 11) is 0. The van der Waals surface area contributed by atoms with Crippen LogP contribution in [0.4, 0.5) is 5.82 Å². The number of nitrogens with two attached hydrogens (primary N) is 1. The Kier molecular flexibility index (Phi) is 5.78. The SMILES string of the molecule is CCn1nc(C(=O)NCc2ccc(-n3ccc4c(N)ncnc43)cc2)cc1Cc1ccccc1. The van der Waals surface area contributed by atoms with Crippen LogP contribution in [-0.2, 0) is 19.5 Å². The van der Waals surface area contributed by atoms with Crippen molar-refractivity contribution in [1.29, 1.82) is 0 Å². The van der Waals surface area contributed by atoms with E-state index in [-0.39, 0.29) is 5.91 Å². The van der Waals surface area contributed by atoms with E-state index in [1.807, 2.05) is 77.0 Å². The van der Waals surface area contributed by atoms with Gasteiger partial charge in [0, 0.05) is 37.1 Å². The van der Waals surface area contributed by atoms with Crippen LogP contribution in [0.25, 0.3) is 16.7 Å². The van der Waals surface area contributed by atoms with Gasteiger partial charge in [-0.3, -0.25) is 9.48 Å². The van der Waals surface area contributed by atoms with Gasteiger partial charge in [-0.2, -0.15) is 5.10 Å². The van der Waals surface area contributed by atoms with Crippen molar-refractivity contribution in [2.75, 3.05) is 5.73 Å². The summed E-state index contributed by atoms with van der Waals surface area (Å²) < 4.78 is 3.84. The largest absolute Gasteiger partial charge is 0.383 e. The lowest BCUT2D eigenvalue weighted by atomic mass is 10.1. The topological polar surface area (TPSA) is 104 Å². The summed E-state index contributed by atoms with van der Waals surface area (Å²) in [4.78, 5) is 21.1. The second-order valence-corrected chi connectivity index (χ2v) is 8.03. The molecule has 0 spiro atoms. The first-order valence-corrected chi connectivity index (χ1v) is 11.2. The molecule has 3 heterocycles. The zero-order valence-corrected chi connectivity index (χ0v) is 18.8. The number of aromatic nitrogens is 5. The summed E-state index contributed by atoms with van der Waals surface area (Å²) in [6.07, 6.45) is 4.12. The Morgan fingerprint density at radius 1 is 1.00 bits per heavy atom. The number of amides is 1. The molecular formula is C26H25N7O. The number of aryl methyl sites for hydroxylation is 1. The third-order valence-electron chi connectivity index (χ3n) is 5.80. The molecule has 0 radical (unpaired) electrons. The maximum absolute atomic E-state index is 12.8. The second kappa shape index (κ2) is 9.19. The lowest BCUT2D eigenvalue weighted by Gasteiger charge is -2.07. The molecule has 8 nitrogen and oxygen atoms in total. The van der Waals surface area contributed by atoms with Crippen molar-refractivity contribution in [2.24, 2.45) is 0 Å². The highest BCUT2D eigenvalue weighted by molar-refractivity contribution is 5.92. The number of nitrogen functional groups attached to an aromatic ring is 1. The maximum Gasteiger partial charge on any atom is 0.272 e. The number of carbonyl (C=O) groups excluding carboxylic acids is 1. The van der Waals surface area contributed by atoms with Gasteiger partial charge in [0.05, 0.1) is 5.39 Å². The summed E-state index contributed by atoms with van der Waals surface area (Å²) in [6, 6.07) is 21.9. The third kappa shape index (κ3) is 4.25. The first kappa shape index (κ1) is 21.4. The first-order valence-electron chi connectivity index (χ1n) is 11.2. The van der Waals surface area contributed by atoms with Gasteiger partial charge in [-0.05, 0) is 42.3 Å². The van der Waals surface area contributed by atoms with Gasteiger partial charge in [0.2, 0.25) is 0 Å². The van der Waals surface area contributed by atoms with E-state index < -0.39 is 0 Å². The van der Waals surface area contributed by atoms with Crippen LogP contribution in [0.15, 0.2) is 79.3 Å². The average Bonchev–Trinajstić information content (AvgIpc) is 3.49. The highest BCUT2D eigenvalue weighted by atomic mass is 16.1. The normalized spacial score (nSPS) is 11.1. The number of carbonyl (C=O) groups is 1. The predicted molar refractivity (Wildman–Crippen MR) is 132 cm³/mol. The summed E-state index contributed by atoms with van der Waals surface area (Å²) in [5, 5.41) is 8.29. The summed E-state index contributed by atoms with van der Waals surface area (Å²) in [6.45, 7) is 3.15. The molecule has 8 heteroatoms. The highest BCUT2D eigenvalue weighted by Gasteiger charge is 2.14. The first-order chi connectivity index (χ1) is 16.6. The molecule has 1 amide bonds. The van der Waals surface area contributed by atoms with Crippen LogP contribution in [0.1, 0.15) is 34.2 Å². The van der Waals surface area contributed by atoms with Gasteiger partial charge in [0.15, 0.2) is 0 Å². The minimum atomic E-state index is -0.186. The Morgan fingerprint density at radius 2 is 1.79 bits per heavy atom. The number of hydrogen-bond acceptors (Lipinski definition) is 5. The van der Waals surface area contributed by atoms with Crippen molar-refractivity contribution < 1.29 is 4.79 Å². The quantitative estimate of drug-likeness (QED) is 0.392. The smallest absolute Gasteiger partial charge is 0.272 e. The third-order valence-corrected chi connectivity index (χ3v) is 5.80. The van der Waals surface area contributed by atoms with Gasteiger partial charge in [-0.25, -0.2) is 9.97 Å².